The molecule has 128 valence electrons. The van der Waals surface area contributed by atoms with Crippen LogP contribution in [0.2, 0.25) is 0 Å². The van der Waals surface area contributed by atoms with Crippen molar-refractivity contribution in [2.24, 2.45) is 0 Å². The summed E-state index contributed by atoms with van der Waals surface area (Å²) in [5, 5.41) is 6.16. The van der Waals surface area contributed by atoms with Crippen LogP contribution < -0.4 is 10.6 Å². The predicted octanol–water partition coefficient (Wildman–Crippen LogP) is 3.26. The number of hydrogen-bond donors (Lipinski definition) is 2. The van der Waals surface area contributed by atoms with E-state index in [2.05, 4.69) is 34.9 Å². The Morgan fingerprint density at radius 3 is 1.54 bits per heavy atom. The molecule has 2 aromatic carbocycles. The van der Waals surface area contributed by atoms with Crippen molar-refractivity contribution in [3.8, 4) is 0 Å². The molecule has 0 aliphatic carbocycles. The maximum absolute atomic E-state index is 11.5. The molecule has 2 N–H and O–H groups in total. The summed E-state index contributed by atoms with van der Waals surface area (Å²) in [6, 6.07) is 20.4. The monoisotopic (exact) mass is 347 g/mol. The molecule has 24 heavy (non-hydrogen) atoms. The minimum atomic E-state index is -2.10. The first kappa shape index (κ1) is 18.7. The van der Waals surface area contributed by atoms with E-state index in [4.69, 9.17) is 9.05 Å². The molecule has 0 spiro atoms. The molecule has 0 saturated carbocycles. The molecular formula is C18H24N2O3P+. The van der Waals surface area contributed by atoms with Crippen LogP contribution in [0.15, 0.2) is 60.7 Å². The Hall–Kier alpha value is -1.62. The number of hydrogen-bond acceptors (Lipinski definition) is 5. The van der Waals surface area contributed by atoms with Crippen LogP contribution >= 0.6 is 8.25 Å². The van der Waals surface area contributed by atoms with Crippen LogP contribution in [0, 0.1) is 0 Å². The van der Waals surface area contributed by atoms with Gasteiger partial charge in [-0.25, -0.2) is 0 Å². The van der Waals surface area contributed by atoms with Gasteiger partial charge in [0.15, 0.2) is 13.5 Å². The minimum Gasteiger partial charge on any atom is -0.290 e. The average Bonchev–Trinajstić information content (AvgIpc) is 2.63. The van der Waals surface area contributed by atoms with Gasteiger partial charge in [0.2, 0.25) is 0 Å². The van der Waals surface area contributed by atoms with Gasteiger partial charge in [0.05, 0.1) is 0 Å². The molecule has 0 radical (unpaired) electrons. The van der Waals surface area contributed by atoms with E-state index in [1.54, 1.807) is 0 Å². The fourth-order valence-corrected chi connectivity index (χ4v) is 2.60. The molecular weight excluding hydrogens is 323 g/mol. The first-order chi connectivity index (χ1) is 11.8. The number of nitrogens with one attached hydrogen (secondary N) is 2. The number of benzene rings is 2. The highest BCUT2D eigenvalue weighted by Gasteiger charge is 2.19. The normalized spacial score (nSPS) is 10.7. The molecule has 0 fully saturated rings. The maximum Gasteiger partial charge on any atom is 0.700 e. The van der Waals surface area contributed by atoms with Gasteiger partial charge in [-0.15, -0.1) is 9.05 Å². The van der Waals surface area contributed by atoms with Gasteiger partial charge in [-0.3, -0.25) is 10.6 Å². The second-order valence-electron chi connectivity index (χ2n) is 5.24. The standard InChI is InChI=1S/C18H24N2O3P/c21-24(22-15-19-13-11-17-7-3-1-4-8-17)23-16-20-14-12-18-9-5-2-6-10-18/h1-10,19-20H,11-16H2/q+1. The van der Waals surface area contributed by atoms with Crippen molar-refractivity contribution in [3.05, 3.63) is 71.8 Å². The molecule has 0 atom stereocenters. The van der Waals surface area contributed by atoms with Crippen molar-refractivity contribution in [1.82, 2.24) is 10.6 Å². The lowest BCUT2D eigenvalue weighted by Gasteiger charge is -2.02. The van der Waals surface area contributed by atoms with Crippen LogP contribution in [0.25, 0.3) is 0 Å². The third-order valence-corrected chi connectivity index (χ3v) is 4.09. The van der Waals surface area contributed by atoms with Gasteiger partial charge >= 0.3 is 8.25 Å². The molecule has 6 heteroatoms. The van der Waals surface area contributed by atoms with Crippen LogP contribution in [-0.4, -0.2) is 26.6 Å². The van der Waals surface area contributed by atoms with Crippen LogP contribution in [-0.2, 0) is 26.5 Å². The van der Waals surface area contributed by atoms with Crippen LogP contribution in [0.5, 0.6) is 0 Å². The van der Waals surface area contributed by atoms with Gasteiger partial charge in [-0.05, 0) is 24.0 Å². The van der Waals surface area contributed by atoms with E-state index in [-0.39, 0.29) is 13.5 Å². The zero-order chi connectivity index (χ0) is 16.9. The summed E-state index contributed by atoms with van der Waals surface area (Å²) in [6.07, 6.45) is 1.81. The van der Waals surface area contributed by atoms with Gasteiger partial charge in [0, 0.05) is 17.7 Å². The van der Waals surface area contributed by atoms with Crippen LogP contribution in [0.3, 0.4) is 0 Å². The lowest BCUT2D eigenvalue weighted by molar-refractivity contribution is 0.202. The Morgan fingerprint density at radius 2 is 1.12 bits per heavy atom. The molecule has 0 heterocycles. The summed E-state index contributed by atoms with van der Waals surface area (Å²) in [5.41, 5.74) is 2.52. The summed E-state index contributed by atoms with van der Waals surface area (Å²) >= 11 is 0. The Kier molecular flexibility index (Phi) is 9.24. The third kappa shape index (κ3) is 8.29. The van der Waals surface area contributed by atoms with E-state index >= 15 is 0 Å². The highest BCUT2D eigenvalue weighted by molar-refractivity contribution is 7.33. The summed E-state index contributed by atoms with van der Waals surface area (Å²) in [7, 11) is -2.10. The third-order valence-electron chi connectivity index (χ3n) is 3.41. The Balaban J connectivity index is 1.42. The van der Waals surface area contributed by atoms with Crippen LogP contribution in [0.1, 0.15) is 11.1 Å². The fourth-order valence-electron chi connectivity index (χ4n) is 2.13. The molecule has 5 nitrogen and oxygen atoms in total. The molecule has 2 aromatic rings. The summed E-state index contributed by atoms with van der Waals surface area (Å²) in [5.74, 6) is 0. The minimum absolute atomic E-state index is 0.214. The largest absolute Gasteiger partial charge is 0.700 e. The van der Waals surface area contributed by atoms with Crippen molar-refractivity contribution in [1.29, 1.82) is 0 Å². The van der Waals surface area contributed by atoms with Crippen LogP contribution in [0.4, 0.5) is 0 Å². The quantitative estimate of drug-likeness (QED) is 0.351. The van der Waals surface area contributed by atoms with Crippen molar-refractivity contribution in [2.75, 3.05) is 26.6 Å². The Labute approximate surface area is 144 Å². The summed E-state index contributed by atoms with van der Waals surface area (Å²) < 4.78 is 21.7. The van der Waals surface area contributed by atoms with Crippen molar-refractivity contribution >= 4 is 8.25 Å². The Morgan fingerprint density at radius 1 is 0.708 bits per heavy atom. The zero-order valence-corrected chi connectivity index (χ0v) is 14.6. The van der Waals surface area contributed by atoms with Crippen molar-refractivity contribution in [2.45, 2.75) is 12.8 Å². The van der Waals surface area contributed by atoms with E-state index in [9.17, 15) is 4.57 Å². The Bertz CT molecular complexity index is 530. The van der Waals surface area contributed by atoms with E-state index in [0.717, 1.165) is 25.9 Å². The molecule has 0 saturated heterocycles. The fraction of sp³-hybridized carbons (Fsp3) is 0.333. The highest BCUT2D eigenvalue weighted by atomic mass is 31.1. The van der Waals surface area contributed by atoms with Gasteiger partial charge < -0.3 is 0 Å². The van der Waals surface area contributed by atoms with Gasteiger partial charge in [0.25, 0.3) is 0 Å². The molecule has 0 amide bonds. The van der Waals surface area contributed by atoms with Crippen molar-refractivity contribution < 1.29 is 13.6 Å². The van der Waals surface area contributed by atoms with E-state index in [0.29, 0.717) is 0 Å². The lowest BCUT2D eigenvalue weighted by Crippen LogP contribution is -2.21. The molecule has 0 unspecified atom stereocenters. The molecule has 2 rings (SSSR count). The SMILES string of the molecule is O=[P+](OCNCCc1ccccc1)OCNCCc1ccccc1. The molecule has 0 aliphatic rings. The molecule has 0 bridgehead atoms. The van der Waals surface area contributed by atoms with Gasteiger partial charge in [0.1, 0.15) is 0 Å². The van der Waals surface area contributed by atoms with Gasteiger partial charge in [-0.2, -0.15) is 0 Å². The summed E-state index contributed by atoms with van der Waals surface area (Å²) in [6.45, 7) is 1.96. The first-order valence-electron chi connectivity index (χ1n) is 8.07. The number of rotatable bonds is 12. The second kappa shape index (κ2) is 11.8. The maximum atomic E-state index is 11.5. The zero-order valence-electron chi connectivity index (χ0n) is 13.7. The average molecular weight is 347 g/mol. The van der Waals surface area contributed by atoms with E-state index in [1.807, 2.05) is 36.4 Å². The van der Waals surface area contributed by atoms with Crippen molar-refractivity contribution in [3.63, 3.8) is 0 Å². The molecule has 0 aromatic heterocycles. The van der Waals surface area contributed by atoms with E-state index < -0.39 is 8.25 Å². The first-order valence-corrected chi connectivity index (χ1v) is 9.16. The topological polar surface area (TPSA) is 59.6 Å². The van der Waals surface area contributed by atoms with Gasteiger partial charge in [-0.1, -0.05) is 60.7 Å². The lowest BCUT2D eigenvalue weighted by atomic mass is 10.2. The van der Waals surface area contributed by atoms with E-state index in [1.165, 1.54) is 11.1 Å². The molecule has 0 aliphatic heterocycles. The smallest absolute Gasteiger partial charge is 0.290 e. The highest BCUT2D eigenvalue weighted by Crippen LogP contribution is 2.21. The second-order valence-corrected chi connectivity index (χ2v) is 6.21. The summed E-state index contributed by atoms with van der Waals surface area (Å²) in [4.78, 5) is 0. The predicted molar refractivity (Wildman–Crippen MR) is 95.8 cm³/mol.